The van der Waals surface area contributed by atoms with Crippen molar-refractivity contribution in [1.82, 2.24) is 4.90 Å². The molecule has 0 N–H and O–H groups in total. The van der Waals surface area contributed by atoms with E-state index < -0.39 is 6.04 Å². The van der Waals surface area contributed by atoms with Gasteiger partial charge in [0.25, 0.3) is 5.91 Å². The third kappa shape index (κ3) is 4.99. The van der Waals surface area contributed by atoms with Crippen molar-refractivity contribution in [2.24, 2.45) is 0 Å². The van der Waals surface area contributed by atoms with Gasteiger partial charge in [-0.2, -0.15) is 0 Å². The van der Waals surface area contributed by atoms with Gasteiger partial charge in [0.1, 0.15) is 22.9 Å². The van der Waals surface area contributed by atoms with Gasteiger partial charge in [0.15, 0.2) is 5.76 Å². The molecule has 1 fully saturated rings. The Morgan fingerprint density at radius 2 is 1.88 bits per heavy atom. The van der Waals surface area contributed by atoms with Crippen LogP contribution in [0.5, 0.6) is 11.5 Å². The summed E-state index contributed by atoms with van der Waals surface area (Å²) < 4.78 is 16.8. The number of thioether (sulfide) groups is 1. The van der Waals surface area contributed by atoms with Gasteiger partial charge in [-0.05, 0) is 48.4 Å². The van der Waals surface area contributed by atoms with Crippen molar-refractivity contribution >= 4 is 23.6 Å². The Morgan fingerprint density at radius 3 is 2.62 bits per heavy atom. The van der Waals surface area contributed by atoms with E-state index in [1.807, 2.05) is 61.5 Å². The molecule has 4 rings (SSSR count). The van der Waals surface area contributed by atoms with E-state index >= 15 is 0 Å². The Bertz CT molecular complexity index is 1040. The van der Waals surface area contributed by atoms with E-state index in [2.05, 4.69) is 0 Å². The number of rotatable bonds is 8. The normalized spacial score (nSPS) is 17.8. The summed E-state index contributed by atoms with van der Waals surface area (Å²) >= 11 is 1.53. The molecule has 3 aromatic rings. The van der Waals surface area contributed by atoms with Crippen molar-refractivity contribution in [3.05, 3.63) is 84.3 Å². The zero-order valence-electron chi connectivity index (χ0n) is 17.8. The van der Waals surface area contributed by atoms with Crippen LogP contribution in [0, 0.1) is 0 Å². The standard InChI is InChI=1S/C25H25NO5S/c1-2-3-14-30-25(28)21-17-32-24(26(21)23(27)22-13-8-15-29-22)18-9-7-12-20(16-18)31-19-10-5-4-6-11-19/h4-13,15-16,21,24H,2-3,14,17H2,1H3. The number of hydrogen-bond acceptors (Lipinski definition) is 6. The summed E-state index contributed by atoms with van der Waals surface area (Å²) in [6.45, 7) is 2.39. The van der Waals surface area contributed by atoms with Crippen molar-refractivity contribution in [3.8, 4) is 11.5 Å². The fraction of sp³-hybridized carbons (Fsp3) is 0.280. The van der Waals surface area contributed by atoms with Gasteiger partial charge in [0.2, 0.25) is 0 Å². The molecule has 32 heavy (non-hydrogen) atoms. The molecule has 0 aliphatic carbocycles. The molecule has 7 heteroatoms. The molecular weight excluding hydrogens is 426 g/mol. The highest BCUT2D eigenvalue weighted by Gasteiger charge is 2.44. The average Bonchev–Trinajstić information content (AvgIpc) is 3.50. The van der Waals surface area contributed by atoms with E-state index in [1.54, 1.807) is 17.0 Å². The van der Waals surface area contributed by atoms with E-state index in [1.165, 1.54) is 18.0 Å². The van der Waals surface area contributed by atoms with Gasteiger partial charge in [-0.3, -0.25) is 4.79 Å². The Labute approximate surface area is 191 Å². The van der Waals surface area contributed by atoms with Crippen LogP contribution >= 0.6 is 11.8 Å². The third-order valence-electron chi connectivity index (χ3n) is 5.10. The van der Waals surface area contributed by atoms with Gasteiger partial charge in [-0.15, -0.1) is 11.8 Å². The summed E-state index contributed by atoms with van der Waals surface area (Å²) in [4.78, 5) is 27.7. The third-order valence-corrected chi connectivity index (χ3v) is 6.43. The number of furan rings is 1. The highest BCUT2D eigenvalue weighted by Crippen LogP contribution is 2.43. The molecule has 2 unspecified atom stereocenters. The first-order valence-electron chi connectivity index (χ1n) is 10.6. The second-order valence-corrected chi connectivity index (χ2v) is 8.51. The van der Waals surface area contributed by atoms with E-state index in [9.17, 15) is 9.59 Å². The molecule has 2 atom stereocenters. The topological polar surface area (TPSA) is 69.0 Å². The van der Waals surface area contributed by atoms with Gasteiger partial charge in [0.05, 0.1) is 12.9 Å². The summed E-state index contributed by atoms with van der Waals surface area (Å²) in [6.07, 6.45) is 3.17. The molecule has 0 bridgehead atoms. The minimum Gasteiger partial charge on any atom is -0.464 e. The molecule has 166 valence electrons. The maximum absolute atomic E-state index is 13.3. The van der Waals surface area contributed by atoms with Crippen LogP contribution in [0.4, 0.5) is 0 Å². The minimum absolute atomic E-state index is 0.195. The lowest BCUT2D eigenvalue weighted by molar-refractivity contribution is -0.148. The Hall–Kier alpha value is -3.19. The van der Waals surface area contributed by atoms with Crippen LogP contribution in [0.1, 0.15) is 41.3 Å². The molecule has 1 saturated heterocycles. The predicted molar refractivity (Wildman–Crippen MR) is 123 cm³/mol. The SMILES string of the molecule is CCCCOC(=O)C1CSC(c2cccc(Oc3ccccc3)c2)N1C(=O)c1ccco1. The first-order valence-corrected chi connectivity index (χ1v) is 11.7. The monoisotopic (exact) mass is 451 g/mol. The summed E-state index contributed by atoms with van der Waals surface area (Å²) in [5.74, 6) is 1.31. The van der Waals surface area contributed by atoms with Gasteiger partial charge >= 0.3 is 5.97 Å². The fourth-order valence-electron chi connectivity index (χ4n) is 3.49. The van der Waals surface area contributed by atoms with Gasteiger partial charge in [-0.1, -0.05) is 43.7 Å². The highest BCUT2D eigenvalue weighted by atomic mass is 32.2. The molecule has 2 aromatic carbocycles. The van der Waals surface area contributed by atoms with Crippen molar-refractivity contribution < 1.29 is 23.5 Å². The number of carbonyl (C=O) groups excluding carboxylic acids is 2. The predicted octanol–water partition coefficient (Wildman–Crippen LogP) is 5.67. The molecule has 6 nitrogen and oxygen atoms in total. The maximum Gasteiger partial charge on any atom is 0.329 e. The largest absolute Gasteiger partial charge is 0.464 e. The molecule has 0 radical (unpaired) electrons. The second kappa shape index (κ2) is 10.4. The van der Waals surface area contributed by atoms with Crippen molar-refractivity contribution in [1.29, 1.82) is 0 Å². The number of amides is 1. The number of ether oxygens (including phenoxy) is 2. The molecule has 0 saturated carbocycles. The van der Waals surface area contributed by atoms with E-state index in [0.29, 0.717) is 18.1 Å². The van der Waals surface area contributed by atoms with Gasteiger partial charge in [-0.25, -0.2) is 4.79 Å². The number of nitrogens with zero attached hydrogens (tertiary/aromatic N) is 1. The van der Waals surface area contributed by atoms with Crippen LogP contribution in [0.2, 0.25) is 0 Å². The quantitative estimate of drug-likeness (QED) is 0.325. The molecule has 1 aromatic heterocycles. The van der Waals surface area contributed by atoms with Crippen molar-refractivity contribution in [2.45, 2.75) is 31.2 Å². The number of unbranched alkanes of at least 4 members (excludes halogenated alkanes) is 1. The summed E-state index contributed by atoms with van der Waals surface area (Å²) in [5, 5.41) is -0.365. The number of hydrogen-bond donors (Lipinski definition) is 0. The fourth-order valence-corrected chi connectivity index (χ4v) is 4.89. The lowest BCUT2D eigenvalue weighted by Crippen LogP contribution is -2.43. The lowest BCUT2D eigenvalue weighted by atomic mass is 10.1. The van der Waals surface area contributed by atoms with Crippen LogP contribution in [-0.4, -0.2) is 35.2 Å². The van der Waals surface area contributed by atoms with Crippen molar-refractivity contribution in [3.63, 3.8) is 0 Å². The smallest absolute Gasteiger partial charge is 0.329 e. The van der Waals surface area contributed by atoms with E-state index in [-0.39, 0.29) is 23.0 Å². The Kier molecular flexibility index (Phi) is 7.17. The van der Waals surface area contributed by atoms with E-state index in [0.717, 1.165) is 24.2 Å². The Morgan fingerprint density at radius 1 is 1.06 bits per heavy atom. The van der Waals surface area contributed by atoms with E-state index in [4.69, 9.17) is 13.9 Å². The molecule has 1 aliphatic rings. The summed E-state index contributed by atoms with van der Waals surface area (Å²) in [7, 11) is 0. The number of esters is 1. The first kappa shape index (κ1) is 22.0. The molecule has 1 amide bonds. The maximum atomic E-state index is 13.3. The molecule has 2 heterocycles. The van der Waals surface area contributed by atoms with Gasteiger partial charge < -0.3 is 18.8 Å². The van der Waals surface area contributed by atoms with Crippen LogP contribution in [0.15, 0.2) is 77.4 Å². The zero-order valence-corrected chi connectivity index (χ0v) is 18.6. The highest BCUT2D eigenvalue weighted by molar-refractivity contribution is 7.99. The Balaban J connectivity index is 1.59. The summed E-state index contributed by atoms with van der Waals surface area (Å²) in [6, 6.07) is 19.7. The van der Waals surface area contributed by atoms with Gasteiger partial charge in [0, 0.05) is 5.75 Å². The molecule has 0 spiro atoms. The lowest BCUT2D eigenvalue weighted by Gasteiger charge is -2.28. The first-order chi connectivity index (χ1) is 15.7. The number of benzene rings is 2. The van der Waals surface area contributed by atoms with Crippen LogP contribution in [-0.2, 0) is 9.53 Å². The second-order valence-electron chi connectivity index (χ2n) is 7.40. The van der Waals surface area contributed by atoms with Crippen LogP contribution in [0.3, 0.4) is 0 Å². The van der Waals surface area contributed by atoms with Crippen LogP contribution < -0.4 is 4.74 Å². The minimum atomic E-state index is -0.682. The van der Waals surface area contributed by atoms with Crippen molar-refractivity contribution in [2.75, 3.05) is 12.4 Å². The average molecular weight is 452 g/mol. The molecular formula is C25H25NO5S. The van der Waals surface area contributed by atoms with Crippen LogP contribution in [0.25, 0.3) is 0 Å². The molecule has 1 aliphatic heterocycles. The number of carbonyl (C=O) groups is 2. The summed E-state index contributed by atoms with van der Waals surface area (Å²) in [5.41, 5.74) is 0.868. The zero-order chi connectivity index (χ0) is 22.3. The number of para-hydroxylation sites is 1.